The third-order valence-corrected chi connectivity index (χ3v) is 5.36. The molecule has 1 heterocycles. The summed E-state index contributed by atoms with van der Waals surface area (Å²) >= 11 is 1.27. The average molecular weight is 429 g/mol. The molecule has 0 saturated carbocycles. The number of benzene rings is 3. The monoisotopic (exact) mass is 428 g/mol. The van der Waals surface area contributed by atoms with Gasteiger partial charge in [-0.25, -0.2) is 4.98 Å². The molecule has 0 atom stereocenters. The molecule has 31 heavy (non-hydrogen) atoms. The van der Waals surface area contributed by atoms with Crippen LogP contribution < -0.4 is 15.5 Å². The van der Waals surface area contributed by atoms with Crippen LogP contribution in [0.25, 0.3) is 0 Å². The van der Waals surface area contributed by atoms with Crippen LogP contribution >= 0.6 is 11.3 Å². The molecule has 0 saturated heterocycles. The molecule has 0 aliphatic carbocycles. The Morgan fingerprint density at radius 2 is 1.65 bits per heavy atom. The van der Waals surface area contributed by atoms with Gasteiger partial charge in [-0.2, -0.15) is 5.10 Å². The van der Waals surface area contributed by atoms with Crippen LogP contribution in [0.3, 0.4) is 0 Å². The van der Waals surface area contributed by atoms with Gasteiger partial charge in [-0.05, 0) is 29.8 Å². The number of rotatable bonds is 8. The first-order valence-electron chi connectivity index (χ1n) is 9.59. The first-order valence-corrected chi connectivity index (χ1v) is 10.4. The zero-order chi connectivity index (χ0) is 21.5. The van der Waals surface area contributed by atoms with Gasteiger partial charge in [-0.1, -0.05) is 72.0 Å². The molecule has 7 heteroatoms. The van der Waals surface area contributed by atoms with Crippen molar-refractivity contribution >= 4 is 40.0 Å². The van der Waals surface area contributed by atoms with Crippen LogP contribution in [0, 0.1) is 0 Å². The number of carbonyl (C=O) groups excluding carboxylic acids is 1. The van der Waals surface area contributed by atoms with Gasteiger partial charge in [0, 0.05) is 11.3 Å². The lowest BCUT2D eigenvalue weighted by atomic mass is 10.1. The number of anilines is 3. The highest BCUT2D eigenvalue weighted by atomic mass is 32.1. The van der Waals surface area contributed by atoms with Gasteiger partial charge in [0.2, 0.25) is 5.78 Å². The summed E-state index contributed by atoms with van der Waals surface area (Å²) in [5.74, 6) is 1.06. The van der Waals surface area contributed by atoms with E-state index < -0.39 is 0 Å². The van der Waals surface area contributed by atoms with Crippen LogP contribution in [-0.4, -0.2) is 24.1 Å². The Morgan fingerprint density at radius 1 is 0.968 bits per heavy atom. The van der Waals surface area contributed by atoms with Gasteiger partial charge in [0.15, 0.2) is 10.9 Å². The normalized spacial score (nSPS) is 10.7. The van der Waals surface area contributed by atoms with E-state index in [0.717, 1.165) is 17.0 Å². The van der Waals surface area contributed by atoms with Gasteiger partial charge in [-0.15, -0.1) is 0 Å². The van der Waals surface area contributed by atoms with Crippen LogP contribution in [0.2, 0.25) is 0 Å². The fraction of sp³-hybridized carbons (Fsp3) is 0.0417. The third-order valence-electron chi connectivity index (χ3n) is 4.39. The van der Waals surface area contributed by atoms with E-state index >= 15 is 0 Å². The lowest BCUT2D eigenvalue weighted by Gasteiger charge is -2.03. The van der Waals surface area contributed by atoms with E-state index in [1.54, 1.807) is 25.5 Å². The predicted octanol–water partition coefficient (Wildman–Crippen LogP) is 5.57. The number of methoxy groups -OCH3 is 1. The maximum Gasteiger partial charge on any atom is 0.206 e. The van der Waals surface area contributed by atoms with Crippen molar-refractivity contribution in [3.63, 3.8) is 0 Å². The van der Waals surface area contributed by atoms with Gasteiger partial charge in [0.1, 0.15) is 10.6 Å². The Kier molecular flexibility index (Phi) is 6.35. The Labute approximate surface area is 184 Å². The summed E-state index contributed by atoms with van der Waals surface area (Å²) in [6.45, 7) is 0. The molecule has 3 aromatic carbocycles. The minimum absolute atomic E-state index is 0.113. The minimum atomic E-state index is -0.113. The summed E-state index contributed by atoms with van der Waals surface area (Å²) in [6, 6.07) is 26.3. The van der Waals surface area contributed by atoms with Gasteiger partial charge < -0.3 is 10.1 Å². The molecule has 0 unspecified atom stereocenters. The molecule has 0 aliphatic rings. The Balaban J connectivity index is 1.60. The Morgan fingerprint density at radius 3 is 2.32 bits per heavy atom. The Hall–Kier alpha value is -3.97. The van der Waals surface area contributed by atoms with E-state index in [-0.39, 0.29) is 5.78 Å². The Bertz CT molecular complexity index is 1170. The molecule has 0 radical (unpaired) electrons. The molecule has 154 valence electrons. The van der Waals surface area contributed by atoms with E-state index in [1.807, 2.05) is 72.8 Å². The highest BCUT2D eigenvalue weighted by Crippen LogP contribution is 2.32. The van der Waals surface area contributed by atoms with Crippen LogP contribution in [-0.2, 0) is 0 Å². The number of hydrogen-bond acceptors (Lipinski definition) is 7. The van der Waals surface area contributed by atoms with Crippen molar-refractivity contribution in [2.45, 2.75) is 0 Å². The molecule has 6 nitrogen and oxygen atoms in total. The molecule has 4 rings (SSSR count). The molecule has 4 aromatic rings. The lowest BCUT2D eigenvalue weighted by molar-refractivity contribution is 0.104. The summed E-state index contributed by atoms with van der Waals surface area (Å²) in [6.07, 6.45) is 1.69. The fourth-order valence-corrected chi connectivity index (χ4v) is 3.73. The molecule has 0 bridgehead atoms. The van der Waals surface area contributed by atoms with Crippen LogP contribution in [0.4, 0.5) is 16.6 Å². The fourth-order valence-electron chi connectivity index (χ4n) is 2.83. The standard InChI is InChI=1S/C24H20N4O2S/c1-30-20-14-12-19(13-15-20)26-24-27-23(28-25-16-17-8-4-2-5-9-17)22(31-24)21(29)18-10-6-3-7-11-18/h2-16,28H,1H3,(H,26,27). The van der Waals surface area contributed by atoms with Crippen molar-refractivity contribution in [1.82, 2.24) is 4.98 Å². The highest BCUT2D eigenvalue weighted by molar-refractivity contribution is 7.18. The number of hydrazone groups is 1. The SMILES string of the molecule is COc1ccc(Nc2nc(NN=Cc3ccccc3)c(C(=O)c3ccccc3)s2)cc1. The van der Waals surface area contributed by atoms with Crippen LogP contribution in [0.1, 0.15) is 20.8 Å². The van der Waals surface area contributed by atoms with Crippen molar-refractivity contribution in [2.24, 2.45) is 5.10 Å². The zero-order valence-corrected chi connectivity index (χ0v) is 17.6. The van der Waals surface area contributed by atoms with E-state index in [2.05, 4.69) is 20.8 Å². The zero-order valence-electron chi connectivity index (χ0n) is 16.8. The number of hydrogen-bond donors (Lipinski definition) is 2. The largest absolute Gasteiger partial charge is 0.497 e. The number of aromatic nitrogens is 1. The maximum atomic E-state index is 13.1. The van der Waals surface area contributed by atoms with Crippen molar-refractivity contribution in [2.75, 3.05) is 17.9 Å². The van der Waals surface area contributed by atoms with Crippen molar-refractivity contribution in [3.8, 4) is 5.75 Å². The molecule has 2 N–H and O–H groups in total. The van der Waals surface area contributed by atoms with E-state index in [4.69, 9.17) is 4.74 Å². The number of ether oxygens (including phenoxy) is 1. The smallest absolute Gasteiger partial charge is 0.206 e. The number of ketones is 1. The molecular formula is C24H20N4O2S. The van der Waals surface area contributed by atoms with Gasteiger partial charge in [-0.3, -0.25) is 10.2 Å². The quantitative estimate of drug-likeness (QED) is 0.218. The summed E-state index contributed by atoms with van der Waals surface area (Å²) < 4.78 is 5.19. The first kappa shape index (κ1) is 20.3. The van der Waals surface area contributed by atoms with Crippen molar-refractivity contribution in [3.05, 3.63) is 101 Å². The van der Waals surface area contributed by atoms with Gasteiger partial charge >= 0.3 is 0 Å². The molecule has 0 fully saturated rings. The van der Waals surface area contributed by atoms with E-state index in [0.29, 0.717) is 21.4 Å². The second kappa shape index (κ2) is 9.69. The number of carbonyl (C=O) groups is 1. The molecule has 0 aliphatic heterocycles. The maximum absolute atomic E-state index is 13.1. The van der Waals surface area contributed by atoms with Crippen molar-refractivity contribution in [1.29, 1.82) is 0 Å². The minimum Gasteiger partial charge on any atom is -0.497 e. The molecule has 0 amide bonds. The molecule has 1 aromatic heterocycles. The van der Waals surface area contributed by atoms with Gasteiger partial charge in [0.25, 0.3) is 0 Å². The number of thiazole rings is 1. The summed E-state index contributed by atoms with van der Waals surface area (Å²) in [5, 5.41) is 8.09. The number of nitrogens with one attached hydrogen (secondary N) is 2. The second-order valence-electron chi connectivity index (χ2n) is 6.53. The summed E-state index contributed by atoms with van der Waals surface area (Å²) in [4.78, 5) is 18.1. The summed E-state index contributed by atoms with van der Waals surface area (Å²) in [5.41, 5.74) is 5.30. The van der Waals surface area contributed by atoms with Crippen LogP contribution in [0.5, 0.6) is 5.75 Å². The van der Waals surface area contributed by atoms with Gasteiger partial charge in [0.05, 0.1) is 13.3 Å². The third kappa shape index (κ3) is 5.15. The highest BCUT2D eigenvalue weighted by Gasteiger charge is 2.19. The second-order valence-corrected chi connectivity index (χ2v) is 7.53. The molecule has 0 spiro atoms. The van der Waals surface area contributed by atoms with E-state index in [9.17, 15) is 4.79 Å². The van der Waals surface area contributed by atoms with E-state index in [1.165, 1.54) is 11.3 Å². The first-order chi connectivity index (χ1) is 15.2. The topological polar surface area (TPSA) is 75.6 Å². The molecular weight excluding hydrogens is 408 g/mol. The van der Waals surface area contributed by atoms with Crippen molar-refractivity contribution < 1.29 is 9.53 Å². The number of nitrogens with zero attached hydrogens (tertiary/aromatic N) is 2. The lowest BCUT2D eigenvalue weighted by Crippen LogP contribution is -2.02. The van der Waals surface area contributed by atoms with Crippen LogP contribution in [0.15, 0.2) is 90.0 Å². The summed E-state index contributed by atoms with van der Waals surface area (Å²) in [7, 11) is 1.62. The average Bonchev–Trinajstić information content (AvgIpc) is 3.22. The predicted molar refractivity (Wildman–Crippen MR) is 126 cm³/mol.